The van der Waals surface area contributed by atoms with Gasteiger partial charge in [-0.2, -0.15) is 10.1 Å². The second-order valence-electron chi connectivity index (χ2n) is 7.62. The van der Waals surface area contributed by atoms with Gasteiger partial charge in [0, 0.05) is 18.5 Å². The van der Waals surface area contributed by atoms with Gasteiger partial charge in [-0.05, 0) is 43.9 Å². The van der Waals surface area contributed by atoms with E-state index in [4.69, 9.17) is 10.5 Å². The van der Waals surface area contributed by atoms with Crippen LogP contribution in [0, 0.1) is 0 Å². The van der Waals surface area contributed by atoms with Crippen LogP contribution in [0.4, 0.5) is 0 Å². The molecule has 1 fully saturated rings. The number of pyridine rings is 2. The van der Waals surface area contributed by atoms with Crippen molar-refractivity contribution >= 4 is 22.8 Å². The number of carbonyl (C=O) groups excluding carboxylic acids is 2. The van der Waals surface area contributed by atoms with Crippen molar-refractivity contribution < 1.29 is 19.4 Å². The van der Waals surface area contributed by atoms with Crippen LogP contribution in [0.1, 0.15) is 52.2 Å². The number of hydrogen-bond donors (Lipinski definition) is 3. The second kappa shape index (κ2) is 8.68. The molecule has 0 spiro atoms. The second-order valence-corrected chi connectivity index (χ2v) is 7.62. The molecule has 4 N–H and O–H groups in total. The molecule has 0 atom stereocenters. The molecule has 0 aliphatic heterocycles. The molecule has 1 aliphatic rings. The van der Waals surface area contributed by atoms with Crippen molar-refractivity contribution in [3.63, 3.8) is 0 Å². The number of carbonyl (C=O) groups is 2. The molecular weight excluding hydrogens is 400 g/mol. The topological polar surface area (TPSA) is 145 Å². The monoisotopic (exact) mass is 424 g/mol. The van der Waals surface area contributed by atoms with Crippen molar-refractivity contribution in [1.82, 2.24) is 25.1 Å². The lowest BCUT2D eigenvalue weighted by Crippen LogP contribution is -2.40. The van der Waals surface area contributed by atoms with Crippen molar-refractivity contribution in [2.24, 2.45) is 12.8 Å². The van der Waals surface area contributed by atoms with Gasteiger partial charge in [0.15, 0.2) is 5.65 Å². The molecular formula is C21H24N6O4. The van der Waals surface area contributed by atoms with E-state index < -0.39 is 5.91 Å². The lowest BCUT2D eigenvalue weighted by Gasteiger charge is -2.29. The van der Waals surface area contributed by atoms with E-state index in [1.165, 1.54) is 0 Å². The summed E-state index contributed by atoms with van der Waals surface area (Å²) in [5.41, 5.74) is 7.09. The molecule has 0 bridgehead atoms. The zero-order valence-electron chi connectivity index (χ0n) is 17.1. The first-order valence-corrected chi connectivity index (χ1v) is 10.1. The Bertz CT molecular complexity index is 1120. The fourth-order valence-corrected chi connectivity index (χ4v) is 3.76. The van der Waals surface area contributed by atoms with Crippen molar-refractivity contribution in [3.05, 3.63) is 47.4 Å². The minimum atomic E-state index is -0.605. The molecule has 1 aliphatic carbocycles. The molecule has 4 rings (SSSR count). The molecule has 162 valence electrons. The summed E-state index contributed by atoms with van der Waals surface area (Å²) in [4.78, 5) is 32.9. The Morgan fingerprint density at radius 2 is 2.03 bits per heavy atom. The van der Waals surface area contributed by atoms with Gasteiger partial charge in [0.2, 0.25) is 5.88 Å². The van der Waals surface area contributed by atoms with Crippen LogP contribution in [0.25, 0.3) is 11.0 Å². The highest BCUT2D eigenvalue weighted by Gasteiger charge is 2.26. The third kappa shape index (κ3) is 4.48. The quantitative estimate of drug-likeness (QED) is 0.537. The Morgan fingerprint density at radius 1 is 1.26 bits per heavy atom. The van der Waals surface area contributed by atoms with Crippen LogP contribution in [-0.4, -0.2) is 48.8 Å². The minimum Gasteiger partial charge on any atom is -0.474 e. The average molecular weight is 424 g/mol. The summed E-state index contributed by atoms with van der Waals surface area (Å²) in [6, 6.07) is 6.62. The highest BCUT2D eigenvalue weighted by molar-refractivity contribution is 5.98. The number of ether oxygens (including phenoxy) is 1. The highest BCUT2D eigenvalue weighted by atomic mass is 16.5. The number of nitrogens with one attached hydrogen (secondary N) is 1. The van der Waals surface area contributed by atoms with Crippen molar-refractivity contribution in [3.8, 4) is 5.88 Å². The zero-order chi connectivity index (χ0) is 22.0. The lowest BCUT2D eigenvalue weighted by atomic mass is 9.93. The van der Waals surface area contributed by atoms with Crippen LogP contribution in [0.3, 0.4) is 0 Å². The van der Waals surface area contributed by atoms with Crippen LogP contribution in [-0.2, 0) is 13.7 Å². The first-order valence-electron chi connectivity index (χ1n) is 10.1. The lowest BCUT2D eigenvalue weighted by molar-refractivity contribution is 0.0876. The number of aryl methyl sites for hydroxylation is 1. The standard InChI is InChI=1S/C21H24N6O4/c1-27-19-12(10-23-27)9-16(18(22)29)21(26-19)31-15-7-5-13(6-8-15)25-20(30)17-4-2-3-14(11-28)24-17/h2-4,9-10,13,15,28H,5-8,11H2,1H3,(H2,22,29)(H,25,30)/t13-,15-. The van der Waals surface area contributed by atoms with Crippen LogP contribution < -0.4 is 15.8 Å². The maximum absolute atomic E-state index is 12.4. The van der Waals surface area contributed by atoms with Gasteiger partial charge < -0.3 is 20.9 Å². The summed E-state index contributed by atoms with van der Waals surface area (Å²) in [5.74, 6) is -0.660. The molecule has 3 aromatic heterocycles. The van der Waals surface area contributed by atoms with E-state index in [0.29, 0.717) is 29.6 Å². The average Bonchev–Trinajstić information content (AvgIpc) is 3.14. The van der Waals surface area contributed by atoms with Gasteiger partial charge in [-0.1, -0.05) is 6.07 Å². The molecule has 0 saturated heterocycles. The molecule has 10 heteroatoms. The number of hydrogen-bond acceptors (Lipinski definition) is 7. The Labute approximate surface area is 178 Å². The molecule has 0 unspecified atom stereocenters. The number of primary amides is 1. The first-order chi connectivity index (χ1) is 14.9. The summed E-state index contributed by atoms with van der Waals surface area (Å²) < 4.78 is 7.65. The maximum Gasteiger partial charge on any atom is 0.270 e. The Kier molecular flexibility index (Phi) is 5.81. The summed E-state index contributed by atoms with van der Waals surface area (Å²) in [6.07, 6.45) is 4.31. The van der Waals surface area contributed by atoms with Gasteiger partial charge in [-0.25, -0.2) is 4.98 Å². The molecule has 2 amide bonds. The fraction of sp³-hybridized carbons (Fsp3) is 0.381. The smallest absolute Gasteiger partial charge is 0.270 e. The Morgan fingerprint density at radius 3 is 2.74 bits per heavy atom. The van der Waals surface area contributed by atoms with Crippen molar-refractivity contribution in [2.75, 3.05) is 0 Å². The van der Waals surface area contributed by atoms with Crippen LogP contribution in [0.5, 0.6) is 5.88 Å². The van der Waals surface area contributed by atoms with Gasteiger partial charge in [-0.15, -0.1) is 0 Å². The number of nitrogens with two attached hydrogens (primary N) is 1. The SMILES string of the molecule is Cn1ncc2cc(C(N)=O)c(O[C@H]3CC[C@H](NC(=O)c4cccc(CO)n4)CC3)nc21. The van der Waals surface area contributed by atoms with E-state index in [2.05, 4.69) is 20.4 Å². The predicted molar refractivity (Wildman–Crippen MR) is 111 cm³/mol. The third-order valence-corrected chi connectivity index (χ3v) is 5.43. The molecule has 3 heterocycles. The van der Waals surface area contributed by atoms with E-state index in [-0.39, 0.29) is 41.8 Å². The van der Waals surface area contributed by atoms with Crippen LogP contribution >= 0.6 is 0 Å². The number of nitrogens with zero attached hydrogens (tertiary/aromatic N) is 4. The number of rotatable bonds is 6. The van der Waals surface area contributed by atoms with Crippen LogP contribution in [0.2, 0.25) is 0 Å². The van der Waals surface area contributed by atoms with E-state index in [0.717, 1.165) is 12.8 Å². The zero-order valence-corrected chi connectivity index (χ0v) is 17.1. The maximum atomic E-state index is 12.4. The number of aromatic nitrogens is 4. The van der Waals surface area contributed by atoms with Crippen LogP contribution in [0.15, 0.2) is 30.5 Å². The minimum absolute atomic E-state index is 0.00458. The van der Waals surface area contributed by atoms with E-state index in [1.54, 1.807) is 42.2 Å². The Hall–Kier alpha value is -3.53. The molecule has 0 radical (unpaired) electrons. The summed E-state index contributed by atoms with van der Waals surface area (Å²) >= 11 is 0. The van der Waals surface area contributed by atoms with E-state index in [9.17, 15) is 14.7 Å². The van der Waals surface area contributed by atoms with E-state index in [1.807, 2.05) is 0 Å². The van der Waals surface area contributed by atoms with Gasteiger partial charge in [0.1, 0.15) is 17.4 Å². The number of fused-ring (bicyclic) bond motifs is 1. The summed E-state index contributed by atoms with van der Waals surface area (Å²) in [7, 11) is 1.77. The van der Waals surface area contributed by atoms with Gasteiger partial charge in [0.05, 0.1) is 18.5 Å². The normalized spacial score (nSPS) is 18.6. The van der Waals surface area contributed by atoms with Crippen molar-refractivity contribution in [1.29, 1.82) is 0 Å². The fourth-order valence-electron chi connectivity index (χ4n) is 3.76. The van der Waals surface area contributed by atoms with E-state index >= 15 is 0 Å². The highest BCUT2D eigenvalue weighted by Crippen LogP contribution is 2.27. The summed E-state index contributed by atoms with van der Waals surface area (Å²) in [5, 5.41) is 17.0. The van der Waals surface area contributed by atoms with Gasteiger partial charge in [-0.3, -0.25) is 14.3 Å². The summed E-state index contributed by atoms with van der Waals surface area (Å²) in [6.45, 7) is -0.213. The van der Waals surface area contributed by atoms with Gasteiger partial charge in [0.25, 0.3) is 11.8 Å². The first kappa shape index (κ1) is 20.7. The number of aliphatic hydroxyl groups excluding tert-OH is 1. The third-order valence-electron chi connectivity index (χ3n) is 5.43. The van der Waals surface area contributed by atoms with Gasteiger partial charge >= 0.3 is 0 Å². The van der Waals surface area contributed by atoms with Crippen molar-refractivity contribution in [2.45, 2.75) is 44.4 Å². The molecule has 31 heavy (non-hydrogen) atoms. The molecule has 1 saturated carbocycles. The predicted octanol–water partition coefficient (Wildman–Crippen LogP) is 1.07. The molecule has 3 aromatic rings. The Balaban J connectivity index is 1.39. The molecule has 10 nitrogen and oxygen atoms in total. The largest absolute Gasteiger partial charge is 0.474 e. The number of amides is 2. The molecule has 0 aromatic carbocycles. The number of aliphatic hydroxyl groups is 1.